The van der Waals surface area contributed by atoms with Crippen molar-refractivity contribution >= 4 is 0 Å². The minimum Gasteiger partial charge on any atom is -0.489 e. The minimum atomic E-state index is 0.0561. The topological polar surface area (TPSA) is 12.5 Å². The Bertz CT molecular complexity index is 661. The van der Waals surface area contributed by atoms with Gasteiger partial charge in [-0.1, -0.05) is 35.6 Å². The van der Waals surface area contributed by atoms with E-state index in [0.29, 0.717) is 6.61 Å². The van der Waals surface area contributed by atoms with E-state index in [-0.39, 0.29) is 5.41 Å². The van der Waals surface area contributed by atoms with Gasteiger partial charge in [-0.3, -0.25) is 4.90 Å². The zero-order chi connectivity index (χ0) is 18.9. The third kappa shape index (κ3) is 9.79. The first-order chi connectivity index (χ1) is 11.7. The van der Waals surface area contributed by atoms with Crippen LogP contribution < -0.4 is 4.74 Å². The zero-order valence-electron chi connectivity index (χ0n) is 16.9. The molecule has 0 heterocycles. The van der Waals surface area contributed by atoms with Crippen molar-refractivity contribution in [2.75, 3.05) is 20.2 Å². The molecule has 1 rings (SSSR count). The van der Waals surface area contributed by atoms with Gasteiger partial charge >= 0.3 is 0 Å². The molecule has 1 aromatic rings. The highest BCUT2D eigenvalue weighted by Crippen LogP contribution is 2.16. The monoisotopic (exact) mass is 339 g/mol. The Balaban J connectivity index is 2.53. The maximum Gasteiger partial charge on any atom is 0.120 e. The van der Waals surface area contributed by atoms with Gasteiger partial charge < -0.3 is 4.74 Å². The van der Waals surface area contributed by atoms with E-state index in [9.17, 15) is 0 Å². The van der Waals surface area contributed by atoms with Crippen LogP contribution in [-0.4, -0.2) is 25.1 Å². The molecule has 0 N–H and O–H groups in total. The van der Waals surface area contributed by atoms with Gasteiger partial charge in [0.1, 0.15) is 12.4 Å². The van der Waals surface area contributed by atoms with Crippen LogP contribution in [0.4, 0.5) is 0 Å². The minimum absolute atomic E-state index is 0.0561. The van der Waals surface area contributed by atoms with Gasteiger partial charge in [0, 0.05) is 18.5 Å². The molecule has 136 valence electrons. The van der Waals surface area contributed by atoms with Crippen molar-refractivity contribution < 1.29 is 4.74 Å². The molecule has 0 radical (unpaired) electrons. The molecular formula is C23H33NO. The van der Waals surface area contributed by atoms with Crippen molar-refractivity contribution in [2.45, 2.75) is 48.1 Å². The summed E-state index contributed by atoms with van der Waals surface area (Å²) >= 11 is 0. The van der Waals surface area contributed by atoms with Crippen LogP contribution in [0.2, 0.25) is 0 Å². The molecule has 0 bridgehead atoms. The second-order valence-electron chi connectivity index (χ2n) is 7.83. The molecule has 0 aliphatic rings. The van der Waals surface area contributed by atoms with Crippen LogP contribution in [0.1, 0.15) is 47.1 Å². The summed E-state index contributed by atoms with van der Waals surface area (Å²) in [5.41, 5.74) is 3.91. The summed E-state index contributed by atoms with van der Waals surface area (Å²) in [4.78, 5) is 2.26. The number of allylic oxidation sites excluding steroid dienone is 2. The van der Waals surface area contributed by atoms with Gasteiger partial charge in [-0.25, -0.2) is 0 Å². The third-order valence-electron chi connectivity index (χ3n) is 3.73. The number of likely N-dealkylation sites (N-methyl/N-ethyl adjacent to an activating group) is 1. The Morgan fingerprint density at radius 2 is 1.92 bits per heavy atom. The van der Waals surface area contributed by atoms with Crippen LogP contribution >= 0.6 is 0 Å². The predicted octanol–water partition coefficient (Wildman–Crippen LogP) is 5.46. The molecule has 0 aliphatic carbocycles. The SMILES string of the molecule is CC(C)=C(C)COc1cccc(CN(C)CC=CC#CC(C)(C)C)c1. The number of benzene rings is 1. The van der Waals surface area contributed by atoms with Crippen molar-refractivity contribution in [2.24, 2.45) is 5.41 Å². The highest BCUT2D eigenvalue weighted by Gasteiger charge is 2.03. The summed E-state index contributed by atoms with van der Waals surface area (Å²) in [7, 11) is 2.11. The molecule has 0 aromatic heterocycles. The molecule has 0 saturated heterocycles. The number of nitrogens with zero attached hydrogens (tertiary/aromatic N) is 1. The van der Waals surface area contributed by atoms with Crippen molar-refractivity contribution in [3.63, 3.8) is 0 Å². The van der Waals surface area contributed by atoms with E-state index in [2.05, 4.69) is 89.6 Å². The van der Waals surface area contributed by atoms with Gasteiger partial charge in [0.15, 0.2) is 0 Å². The molecule has 0 atom stereocenters. The van der Waals surface area contributed by atoms with Crippen molar-refractivity contribution in [3.8, 4) is 17.6 Å². The standard InChI is InChI=1S/C23H33NO/c1-19(2)20(3)18-25-22-13-11-12-21(16-22)17-24(7)15-10-8-9-14-23(4,5)6/h8,10-13,16H,15,17-18H2,1-7H3. The largest absolute Gasteiger partial charge is 0.489 e. The van der Waals surface area contributed by atoms with E-state index in [4.69, 9.17) is 4.74 Å². The summed E-state index contributed by atoms with van der Waals surface area (Å²) in [5.74, 6) is 7.25. The Labute approximate surface area is 154 Å². The number of ether oxygens (including phenoxy) is 1. The summed E-state index contributed by atoms with van der Waals surface area (Å²) < 4.78 is 5.89. The fourth-order valence-electron chi connectivity index (χ4n) is 2.00. The van der Waals surface area contributed by atoms with Gasteiger partial charge in [-0.05, 0) is 77.9 Å². The second kappa shape index (κ2) is 10.1. The Morgan fingerprint density at radius 3 is 2.56 bits per heavy atom. The van der Waals surface area contributed by atoms with Gasteiger partial charge in [0.25, 0.3) is 0 Å². The van der Waals surface area contributed by atoms with E-state index in [1.807, 2.05) is 12.1 Å². The lowest BCUT2D eigenvalue weighted by atomic mass is 9.98. The highest BCUT2D eigenvalue weighted by molar-refractivity contribution is 5.29. The molecule has 0 amide bonds. The third-order valence-corrected chi connectivity index (χ3v) is 3.73. The van der Waals surface area contributed by atoms with Crippen LogP contribution in [-0.2, 0) is 6.54 Å². The molecule has 0 fully saturated rings. The van der Waals surface area contributed by atoms with E-state index in [1.54, 1.807) is 0 Å². The molecule has 0 spiro atoms. The van der Waals surface area contributed by atoms with Gasteiger partial charge in [0.05, 0.1) is 0 Å². The molecule has 0 saturated carbocycles. The first-order valence-electron chi connectivity index (χ1n) is 8.88. The maximum atomic E-state index is 5.89. The molecule has 1 aromatic carbocycles. The van der Waals surface area contributed by atoms with Crippen LogP contribution in [0.25, 0.3) is 0 Å². The zero-order valence-corrected chi connectivity index (χ0v) is 16.9. The normalized spacial score (nSPS) is 11.4. The van der Waals surface area contributed by atoms with Gasteiger partial charge in [-0.2, -0.15) is 0 Å². The molecule has 2 nitrogen and oxygen atoms in total. The average Bonchev–Trinajstić information content (AvgIpc) is 2.51. The van der Waals surface area contributed by atoms with Crippen LogP contribution in [0.15, 0.2) is 47.6 Å². The Kier molecular flexibility index (Phi) is 8.52. The number of hydrogen-bond acceptors (Lipinski definition) is 2. The maximum absolute atomic E-state index is 5.89. The lowest BCUT2D eigenvalue weighted by molar-refractivity contribution is 0.345. The van der Waals surface area contributed by atoms with Gasteiger partial charge in [-0.15, -0.1) is 0 Å². The number of hydrogen-bond donors (Lipinski definition) is 0. The average molecular weight is 340 g/mol. The number of rotatable bonds is 7. The summed E-state index contributed by atoms with van der Waals surface area (Å²) in [5, 5.41) is 0. The van der Waals surface area contributed by atoms with E-state index < -0.39 is 0 Å². The summed E-state index contributed by atoms with van der Waals surface area (Å²) in [6.07, 6.45) is 4.06. The molecule has 25 heavy (non-hydrogen) atoms. The van der Waals surface area contributed by atoms with Crippen LogP contribution in [0, 0.1) is 17.3 Å². The van der Waals surface area contributed by atoms with Crippen LogP contribution in [0.3, 0.4) is 0 Å². The first kappa shape index (κ1) is 21.1. The predicted molar refractivity (Wildman–Crippen MR) is 109 cm³/mol. The second-order valence-corrected chi connectivity index (χ2v) is 7.83. The van der Waals surface area contributed by atoms with Gasteiger partial charge in [0.2, 0.25) is 0 Å². The smallest absolute Gasteiger partial charge is 0.120 e. The Hall–Kier alpha value is -1.98. The van der Waals surface area contributed by atoms with E-state index >= 15 is 0 Å². The fourth-order valence-corrected chi connectivity index (χ4v) is 2.00. The van der Waals surface area contributed by atoms with Crippen LogP contribution in [0.5, 0.6) is 5.75 Å². The lowest BCUT2D eigenvalue weighted by Gasteiger charge is -2.15. The molecular weight excluding hydrogens is 306 g/mol. The van der Waals surface area contributed by atoms with Crippen molar-refractivity contribution in [3.05, 3.63) is 53.1 Å². The van der Waals surface area contributed by atoms with E-state index in [1.165, 1.54) is 16.7 Å². The molecule has 0 aliphatic heterocycles. The van der Waals surface area contributed by atoms with Crippen molar-refractivity contribution in [1.29, 1.82) is 0 Å². The molecule has 0 unspecified atom stereocenters. The summed E-state index contributed by atoms with van der Waals surface area (Å²) in [6.45, 7) is 15.1. The molecule has 2 heteroatoms. The highest BCUT2D eigenvalue weighted by atomic mass is 16.5. The Morgan fingerprint density at radius 1 is 1.20 bits per heavy atom. The fraction of sp³-hybridized carbons (Fsp3) is 0.478. The van der Waals surface area contributed by atoms with E-state index in [0.717, 1.165) is 18.8 Å². The lowest BCUT2D eigenvalue weighted by Crippen LogP contribution is -2.17. The van der Waals surface area contributed by atoms with Crippen molar-refractivity contribution in [1.82, 2.24) is 4.90 Å². The summed E-state index contributed by atoms with van der Waals surface area (Å²) in [6, 6.07) is 8.34. The first-order valence-corrected chi connectivity index (χ1v) is 8.88. The quantitative estimate of drug-likeness (QED) is 0.483.